The quantitative estimate of drug-likeness (QED) is 0.737. The Bertz CT molecular complexity index is 294. The summed E-state index contributed by atoms with van der Waals surface area (Å²) in [6.45, 7) is 5.27. The maximum atomic E-state index is 4.19. The molecule has 0 spiro atoms. The molecule has 1 unspecified atom stereocenters. The van der Waals surface area contributed by atoms with Crippen LogP contribution >= 0.6 is 0 Å². The van der Waals surface area contributed by atoms with Crippen molar-refractivity contribution >= 4 is 0 Å². The fraction of sp³-hybridized carbons (Fsp3) is 0.700. The highest BCUT2D eigenvalue weighted by Gasteiger charge is 2.18. The van der Waals surface area contributed by atoms with Gasteiger partial charge in [-0.3, -0.25) is 5.10 Å². The standard InChI is InChI=1S/C10H18N4/c1-8-5-10(13-12-8)6-11-9-3-4-14(2)7-9/h5,9,11H,3-4,6-7H2,1-2H3,(H,12,13). The molecule has 0 saturated carbocycles. The van der Waals surface area contributed by atoms with Crippen LogP contribution in [0.2, 0.25) is 0 Å². The lowest BCUT2D eigenvalue weighted by atomic mass is 10.2. The molecule has 4 heteroatoms. The second-order valence-electron chi connectivity index (χ2n) is 4.17. The SMILES string of the molecule is Cc1cc(CNC2CCN(C)C2)n[nH]1. The molecule has 2 rings (SSSR count). The van der Waals surface area contributed by atoms with Crippen molar-refractivity contribution in [2.24, 2.45) is 0 Å². The van der Waals surface area contributed by atoms with Crippen molar-refractivity contribution in [1.29, 1.82) is 0 Å². The van der Waals surface area contributed by atoms with Gasteiger partial charge in [-0.15, -0.1) is 0 Å². The summed E-state index contributed by atoms with van der Waals surface area (Å²) in [5, 5.41) is 10.7. The molecule has 2 N–H and O–H groups in total. The molecule has 1 aliphatic heterocycles. The Morgan fingerprint density at radius 2 is 2.57 bits per heavy atom. The van der Waals surface area contributed by atoms with Gasteiger partial charge in [0.2, 0.25) is 0 Å². The molecule has 1 fully saturated rings. The summed E-state index contributed by atoms with van der Waals surface area (Å²) < 4.78 is 0. The van der Waals surface area contributed by atoms with Crippen molar-refractivity contribution in [3.63, 3.8) is 0 Å². The molecule has 0 amide bonds. The monoisotopic (exact) mass is 194 g/mol. The molecule has 1 aromatic heterocycles. The Labute approximate surface area is 84.7 Å². The van der Waals surface area contributed by atoms with Gasteiger partial charge in [-0.1, -0.05) is 0 Å². The number of aromatic nitrogens is 2. The van der Waals surface area contributed by atoms with Crippen molar-refractivity contribution in [3.05, 3.63) is 17.5 Å². The van der Waals surface area contributed by atoms with E-state index in [-0.39, 0.29) is 0 Å². The van der Waals surface area contributed by atoms with Crippen LogP contribution in [0.5, 0.6) is 0 Å². The minimum absolute atomic E-state index is 0.636. The highest BCUT2D eigenvalue weighted by atomic mass is 15.2. The topological polar surface area (TPSA) is 44.0 Å². The van der Waals surface area contributed by atoms with Crippen LogP contribution in [-0.4, -0.2) is 41.3 Å². The Morgan fingerprint density at radius 1 is 1.71 bits per heavy atom. The van der Waals surface area contributed by atoms with Gasteiger partial charge in [-0.2, -0.15) is 5.10 Å². The minimum atomic E-state index is 0.636. The number of likely N-dealkylation sites (N-methyl/N-ethyl adjacent to an activating group) is 1. The Balaban J connectivity index is 1.77. The molecule has 1 atom stereocenters. The first-order valence-electron chi connectivity index (χ1n) is 5.17. The van der Waals surface area contributed by atoms with Gasteiger partial charge < -0.3 is 10.2 Å². The summed E-state index contributed by atoms with van der Waals surface area (Å²) in [6.07, 6.45) is 1.25. The first-order chi connectivity index (χ1) is 6.74. The van der Waals surface area contributed by atoms with E-state index in [9.17, 15) is 0 Å². The van der Waals surface area contributed by atoms with Gasteiger partial charge >= 0.3 is 0 Å². The van der Waals surface area contributed by atoms with Gasteiger partial charge in [0, 0.05) is 24.8 Å². The van der Waals surface area contributed by atoms with Crippen molar-refractivity contribution in [3.8, 4) is 0 Å². The molecule has 1 aliphatic rings. The van der Waals surface area contributed by atoms with E-state index in [1.54, 1.807) is 0 Å². The van der Waals surface area contributed by atoms with E-state index in [0.29, 0.717) is 6.04 Å². The highest BCUT2D eigenvalue weighted by molar-refractivity contribution is 5.06. The lowest BCUT2D eigenvalue weighted by Crippen LogP contribution is -2.31. The van der Waals surface area contributed by atoms with Crippen LogP contribution in [0.3, 0.4) is 0 Å². The number of hydrogen-bond donors (Lipinski definition) is 2. The predicted molar refractivity (Wildman–Crippen MR) is 56.1 cm³/mol. The molecule has 0 radical (unpaired) electrons. The maximum Gasteiger partial charge on any atom is 0.0762 e. The van der Waals surface area contributed by atoms with Gasteiger partial charge in [0.1, 0.15) is 0 Å². The van der Waals surface area contributed by atoms with E-state index in [0.717, 1.165) is 24.5 Å². The minimum Gasteiger partial charge on any atom is -0.307 e. The summed E-state index contributed by atoms with van der Waals surface area (Å²) in [6, 6.07) is 2.73. The van der Waals surface area contributed by atoms with Gasteiger partial charge in [-0.25, -0.2) is 0 Å². The molecule has 1 aromatic rings. The molecule has 2 heterocycles. The lowest BCUT2D eigenvalue weighted by molar-refractivity contribution is 0.397. The molecular weight excluding hydrogens is 176 g/mol. The van der Waals surface area contributed by atoms with E-state index < -0.39 is 0 Å². The number of aromatic amines is 1. The number of nitrogens with one attached hydrogen (secondary N) is 2. The van der Waals surface area contributed by atoms with Crippen LogP contribution in [0.4, 0.5) is 0 Å². The number of rotatable bonds is 3. The van der Waals surface area contributed by atoms with Gasteiger partial charge in [0.25, 0.3) is 0 Å². The van der Waals surface area contributed by atoms with Crippen LogP contribution < -0.4 is 5.32 Å². The third kappa shape index (κ3) is 2.33. The number of H-pyrrole nitrogens is 1. The number of nitrogens with zero attached hydrogens (tertiary/aromatic N) is 2. The van der Waals surface area contributed by atoms with Crippen LogP contribution in [0.25, 0.3) is 0 Å². The van der Waals surface area contributed by atoms with Crippen molar-refractivity contribution in [1.82, 2.24) is 20.4 Å². The van der Waals surface area contributed by atoms with E-state index in [1.807, 2.05) is 6.92 Å². The predicted octanol–water partition coefficient (Wildman–Crippen LogP) is 0.512. The molecule has 0 aliphatic carbocycles. The van der Waals surface area contributed by atoms with E-state index >= 15 is 0 Å². The van der Waals surface area contributed by atoms with Crippen LogP contribution in [0.15, 0.2) is 6.07 Å². The van der Waals surface area contributed by atoms with E-state index in [4.69, 9.17) is 0 Å². The number of hydrogen-bond acceptors (Lipinski definition) is 3. The zero-order valence-corrected chi connectivity index (χ0v) is 8.88. The number of likely N-dealkylation sites (tertiary alicyclic amines) is 1. The molecule has 4 nitrogen and oxygen atoms in total. The van der Waals surface area contributed by atoms with Crippen LogP contribution in [-0.2, 0) is 6.54 Å². The second kappa shape index (κ2) is 4.11. The van der Waals surface area contributed by atoms with Crippen LogP contribution in [0, 0.1) is 6.92 Å². The fourth-order valence-corrected chi connectivity index (χ4v) is 1.92. The highest BCUT2D eigenvalue weighted by Crippen LogP contribution is 2.07. The summed E-state index contributed by atoms with van der Waals surface area (Å²) in [4.78, 5) is 2.35. The van der Waals surface area contributed by atoms with E-state index in [1.165, 1.54) is 13.0 Å². The molecule has 0 aromatic carbocycles. The smallest absolute Gasteiger partial charge is 0.0762 e. The molecule has 14 heavy (non-hydrogen) atoms. The summed E-state index contributed by atoms with van der Waals surface area (Å²) in [7, 11) is 2.17. The second-order valence-corrected chi connectivity index (χ2v) is 4.17. The van der Waals surface area contributed by atoms with Crippen LogP contribution in [0.1, 0.15) is 17.8 Å². The van der Waals surface area contributed by atoms with Gasteiger partial charge in [-0.05, 0) is 33.0 Å². The maximum absolute atomic E-state index is 4.19. The van der Waals surface area contributed by atoms with Crippen molar-refractivity contribution in [2.75, 3.05) is 20.1 Å². The normalized spacial score (nSPS) is 23.1. The molecular formula is C10H18N4. The average Bonchev–Trinajstić information content (AvgIpc) is 2.72. The first-order valence-corrected chi connectivity index (χ1v) is 5.17. The lowest BCUT2D eigenvalue weighted by Gasteiger charge is -2.11. The third-order valence-electron chi connectivity index (χ3n) is 2.72. The van der Waals surface area contributed by atoms with Crippen molar-refractivity contribution in [2.45, 2.75) is 25.9 Å². The largest absolute Gasteiger partial charge is 0.307 e. The molecule has 1 saturated heterocycles. The Hall–Kier alpha value is -0.870. The summed E-state index contributed by atoms with van der Waals surface area (Å²) >= 11 is 0. The van der Waals surface area contributed by atoms with Gasteiger partial charge in [0.05, 0.1) is 5.69 Å². The molecule has 78 valence electrons. The summed E-state index contributed by atoms with van der Waals surface area (Å²) in [5.41, 5.74) is 2.24. The van der Waals surface area contributed by atoms with Crippen molar-refractivity contribution < 1.29 is 0 Å². The fourth-order valence-electron chi connectivity index (χ4n) is 1.92. The number of aryl methyl sites for hydroxylation is 1. The zero-order chi connectivity index (χ0) is 9.97. The molecule has 0 bridgehead atoms. The Morgan fingerprint density at radius 3 is 3.14 bits per heavy atom. The first kappa shape index (κ1) is 9.68. The third-order valence-corrected chi connectivity index (χ3v) is 2.72. The van der Waals surface area contributed by atoms with E-state index in [2.05, 4.69) is 33.5 Å². The van der Waals surface area contributed by atoms with Gasteiger partial charge in [0.15, 0.2) is 0 Å². The zero-order valence-electron chi connectivity index (χ0n) is 8.88. The summed E-state index contributed by atoms with van der Waals surface area (Å²) in [5.74, 6) is 0. The average molecular weight is 194 g/mol. The Kier molecular flexibility index (Phi) is 2.84.